The van der Waals surface area contributed by atoms with Gasteiger partial charge in [-0.15, -0.1) is 0 Å². The molecule has 2 aliphatic rings. The average molecular weight is 665 g/mol. The fourth-order valence-electron chi connectivity index (χ4n) is 6.47. The molecule has 0 radical (unpaired) electrons. The van der Waals surface area contributed by atoms with Crippen molar-refractivity contribution < 1.29 is 14.3 Å². The number of urea groups is 1. The molecule has 2 N–H and O–H groups in total. The fourth-order valence-corrected chi connectivity index (χ4v) is 6.73. The van der Waals surface area contributed by atoms with Crippen molar-refractivity contribution in [3.05, 3.63) is 99.0 Å². The van der Waals surface area contributed by atoms with Crippen LogP contribution in [0.5, 0.6) is 5.75 Å². The largest absolute Gasteiger partial charge is 0.493 e. The van der Waals surface area contributed by atoms with E-state index in [0.29, 0.717) is 54.4 Å². The molecule has 1 unspecified atom stereocenters. The molecule has 1 fully saturated rings. The van der Waals surface area contributed by atoms with Crippen LogP contribution < -0.4 is 10.5 Å². The highest BCUT2D eigenvalue weighted by Crippen LogP contribution is 2.54. The van der Waals surface area contributed by atoms with Crippen molar-refractivity contribution in [1.29, 1.82) is 0 Å². The van der Waals surface area contributed by atoms with Crippen LogP contribution >= 0.6 is 23.2 Å². The van der Waals surface area contributed by atoms with E-state index in [4.69, 9.17) is 38.7 Å². The lowest BCUT2D eigenvalue weighted by atomic mass is 9.71. The fraction of sp³-hybridized carbons (Fsp3) is 0.417. The van der Waals surface area contributed by atoms with E-state index < -0.39 is 11.1 Å². The lowest BCUT2D eigenvalue weighted by Crippen LogP contribution is -2.61. The van der Waals surface area contributed by atoms with Gasteiger partial charge in [0, 0.05) is 36.2 Å². The Kier molecular flexibility index (Phi) is 9.47. The van der Waals surface area contributed by atoms with Gasteiger partial charge in [0.15, 0.2) is 0 Å². The highest BCUT2D eigenvalue weighted by Gasteiger charge is 2.60. The van der Waals surface area contributed by atoms with Gasteiger partial charge < -0.3 is 15.4 Å². The van der Waals surface area contributed by atoms with E-state index in [1.54, 1.807) is 0 Å². The number of benzene rings is 3. The highest BCUT2D eigenvalue weighted by molar-refractivity contribution is 6.30. The lowest BCUT2D eigenvalue weighted by molar-refractivity contribution is -0.119. The summed E-state index contributed by atoms with van der Waals surface area (Å²) in [7, 11) is 0. The van der Waals surface area contributed by atoms with Crippen LogP contribution in [0.25, 0.3) is 0 Å². The van der Waals surface area contributed by atoms with E-state index in [2.05, 4.69) is 46.8 Å². The van der Waals surface area contributed by atoms with Crippen molar-refractivity contribution in [3.8, 4) is 5.75 Å². The molecule has 46 heavy (non-hydrogen) atoms. The summed E-state index contributed by atoms with van der Waals surface area (Å²) in [4.78, 5) is 37.7. The number of halogens is 2. The van der Waals surface area contributed by atoms with Gasteiger partial charge in [-0.1, -0.05) is 74.3 Å². The zero-order chi connectivity index (χ0) is 33.4. The first-order valence-corrected chi connectivity index (χ1v) is 16.4. The Morgan fingerprint density at radius 2 is 1.46 bits per heavy atom. The molecule has 2 aliphatic heterocycles. The third-order valence-electron chi connectivity index (χ3n) is 9.35. The molecule has 0 spiro atoms. The molecule has 2 heterocycles. The van der Waals surface area contributed by atoms with Gasteiger partial charge in [0.2, 0.25) is 5.91 Å². The summed E-state index contributed by atoms with van der Waals surface area (Å²) in [6.07, 6.45) is 0. The molecule has 3 amide bonds. The van der Waals surface area contributed by atoms with Gasteiger partial charge in [-0.05, 0) is 79.3 Å². The van der Waals surface area contributed by atoms with Gasteiger partial charge in [-0.2, -0.15) is 0 Å². The maximum absolute atomic E-state index is 15.0. The van der Waals surface area contributed by atoms with Crippen molar-refractivity contribution in [2.24, 2.45) is 10.7 Å². The lowest BCUT2D eigenvalue weighted by Gasteiger charge is -2.47. The van der Waals surface area contributed by atoms with Crippen LogP contribution in [0.15, 0.2) is 71.7 Å². The topological polar surface area (TPSA) is 91.5 Å². The van der Waals surface area contributed by atoms with Crippen LogP contribution in [0.2, 0.25) is 10.0 Å². The number of amidine groups is 1. The first-order chi connectivity index (χ1) is 21.7. The van der Waals surface area contributed by atoms with Crippen LogP contribution in [0.1, 0.15) is 63.8 Å². The number of hydrogen-bond acceptors (Lipinski definition) is 5. The standard InChI is InChI=1S/C36H43Cl2N5O3/c1-7-46-30-22-26(34(2,3)4)12-17-29(30)32-40-35(5,24-8-13-27(37)14-9-24)36(6,25-10-15-28(38)16-11-25)43(32)33(45)42-20-18-41(19-21-42)23-31(39)44/h8-17,22H,7,18-21,23H2,1-6H3,(H2,39,44)/t35-,36?/m0/s1. The minimum absolute atomic E-state index is 0.113. The maximum Gasteiger partial charge on any atom is 0.326 e. The highest BCUT2D eigenvalue weighted by atomic mass is 35.5. The van der Waals surface area contributed by atoms with E-state index in [1.807, 2.05) is 76.2 Å². The zero-order valence-electron chi connectivity index (χ0n) is 27.4. The first kappa shape index (κ1) is 33.8. The Hall–Kier alpha value is -3.59. The molecule has 2 atom stereocenters. The van der Waals surface area contributed by atoms with E-state index >= 15 is 4.79 Å². The monoisotopic (exact) mass is 663 g/mol. The van der Waals surface area contributed by atoms with Crippen LogP contribution in [0.3, 0.4) is 0 Å². The van der Waals surface area contributed by atoms with Crippen LogP contribution in [-0.2, 0) is 21.3 Å². The van der Waals surface area contributed by atoms with Crippen molar-refractivity contribution in [2.75, 3.05) is 39.3 Å². The third kappa shape index (κ3) is 6.23. The molecule has 0 aromatic heterocycles. The molecule has 0 bridgehead atoms. The summed E-state index contributed by atoms with van der Waals surface area (Å²) in [6, 6.07) is 21.2. The van der Waals surface area contributed by atoms with Gasteiger partial charge >= 0.3 is 6.03 Å². The van der Waals surface area contributed by atoms with Gasteiger partial charge in [-0.3, -0.25) is 19.6 Å². The zero-order valence-corrected chi connectivity index (χ0v) is 29.0. The molecule has 5 rings (SSSR count). The average Bonchev–Trinajstić information content (AvgIpc) is 3.25. The Labute approximate surface area is 282 Å². The predicted molar refractivity (Wildman–Crippen MR) is 185 cm³/mol. The number of nitrogens with zero attached hydrogens (tertiary/aromatic N) is 4. The molecule has 244 valence electrons. The summed E-state index contributed by atoms with van der Waals surface area (Å²) in [6.45, 7) is 15.1. The predicted octanol–water partition coefficient (Wildman–Crippen LogP) is 6.81. The van der Waals surface area contributed by atoms with Crippen LogP contribution in [0.4, 0.5) is 4.79 Å². The molecule has 3 aromatic carbocycles. The van der Waals surface area contributed by atoms with E-state index in [9.17, 15) is 4.79 Å². The Bertz CT molecular complexity index is 1630. The number of nitrogens with two attached hydrogens (primary N) is 1. The second-order valence-electron chi connectivity index (χ2n) is 13.3. The van der Waals surface area contributed by atoms with Gasteiger partial charge in [0.05, 0.1) is 18.7 Å². The Morgan fingerprint density at radius 1 is 0.891 bits per heavy atom. The van der Waals surface area contributed by atoms with E-state index in [0.717, 1.165) is 22.3 Å². The second kappa shape index (κ2) is 12.9. The minimum Gasteiger partial charge on any atom is -0.493 e. The quantitative estimate of drug-likeness (QED) is 0.301. The molecular formula is C36H43Cl2N5O3. The number of carbonyl (C=O) groups is 2. The molecule has 0 aliphatic carbocycles. The van der Waals surface area contributed by atoms with E-state index in [1.165, 1.54) is 0 Å². The number of ether oxygens (including phenoxy) is 1. The van der Waals surface area contributed by atoms with Crippen molar-refractivity contribution in [3.63, 3.8) is 0 Å². The molecule has 8 nitrogen and oxygen atoms in total. The second-order valence-corrected chi connectivity index (χ2v) is 14.2. The normalized spacial score (nSPS) is 22.1. The molecule has 1 saturated heterocycles. The summed E-state index contributed by atoms with van der Waals surface area (Å²) in [5.74, 6) is 0.796. The van der Waals surface area contributed by atoms with Crippen molar-refractivity contribution in [1.82, 2.24) is 14.7 Å². The Morgan fingerprint density at radius 3 is 1.98 bits per heavy atom. The van der Waals surface area contributed by atoms with Gasteiger partial charge in [0.25, 0.3) is 0 Å². The SMILES string of the molecule is CCOc1cc(C(C)(C)C)ccc1C1=N[C@@](C)(c2ccc(Cl)cc2)C(C)(c2ccc(Cl)cc2)N1C(=O)N1CCN(CC(N)=O)CC1. The van der Waals surface area contributed by atoms with Crippen LogP contribution in [0, 0.1) is 0 Å². The molecule has 10 heteroatoms. The summed E-state index contributed by atoms with van der Waals surface area (Å²) in [5, 5.41) is 1.21. The summed E-state index contributed by atoms with van der Waals surface area (Å²) >= 11 is 12.7. The van der Waals surface area contributed by atoms with Crippen molar-refractivity contribution >= 4 is 41.0 Å². The van der Waals surface area contributed by atoms with Gasteiger partial charge in [-0.25, -0.2) is 4.79 Å². The number of amides is 3. The van der Waals surface area contributed by atoms with E-state index in [-0.39, 0.29) is 23.9 Å². The number of primary amides is 1. The van der Waals surface area contributed by atoms with Crippen molar-refractivity contribution in [2.45, 2.75) is 58.0 Å². The number of rotatable bonds is 7. The third-order valence-corrected chi connectivity index (χ3v) is 9.85. The van der Waals surface area contributed by atoms with Gasteiger partial charge in [0.1, 0.15) is 22.7 Å². The number of aliphatic imine (C=N–C) groups is 1. The molecule has 3 aromatic rings. The smallest absolute Gasteiger partial charge is 0.326 e. The summed E-state index contributed by atoms with van der Waals surface area (Å²) in [5.41, 5.74) is 7.02. The Balaban J connectivity index is 1.73. The summed E-state index contributed by atoms with van der Waals surface area (Å²) < 4.78 is 6.27. The number of carbonyl (C=O) groups excluding carboxylic acids is 2. The number of hydrogen-bond donors (Lipinski definition) is 1. The van der Waals surface area contributed by atoms with Crippen LogP contribution in [-0.4, -0.2) is 71.8 Å². The molecule has 0 saturated carbocycles. The molecular weight excluding hydrogens is 621 g/mol. The minimum atomic E-state index is -1.01. The maximum atomic E-state index is 15.0. The number of piperazine rings is 1. The first-order valence-electron chi connectivity index (χ1n) is 15.7.